The number of nitrogens with zero attached hydrogens (tertiary/aromatic N) is 1. The van der Waals surface area contributed by atoms with Crippen LogP contribution in [-0.2, 0) is 6.42 Å². The highest BCUT2D eigenvalue weighted by molar-refractivity contribution is 14.0. The molecule has 1 aromatic rings. The van der Waals surface area contributed by atoms with Crippen LogP contribution in [0.25, 0.3) is 0 Å². The fourth-order valence-corrected chi connectivity index (χ4v) is 1.46. The van der Waals surface area contributed by atoms with E-state index >= 15 is 0 Å². The van der Waals surface area contributed by atoms with Crippen molar-refractivity contribution in [2.24, 2.45) is 10.7 Å². The molecule has 0 heterocycles. The van der Waals surface area contributed by atoms with Crippen LogP contribution in [0.3, 0.4) is 0 Å². The molecule has 18 heavy (non-hydrogen) atoms. The smallest absolute Gasteiger partial charge is 0.188 e. The number of phenols is 1. The molecular weight excluding hydrogens is 341 g/mol. The van der Waals surface area contributed by atoms with Crippen LogP contribution in [0.5, 0.6) is 5.75 Å². The summed E-state index contributed by atoms with van der Waals surface area (Å²) >= 11 is 0. The van der Waals surface area contributed by atoms with Crippen LogP contribution in [0.4, 0.5) is 0 Å². The van der Waals surface area contributed by atoms with E-state index in [1.165, 1.54) is 5.56 Å². The van der Waals surface area contributed by atoms with Crippen molar-refractivity contribution in [1.29, 1.82) is 0 Å². The third-order valence-electron chi connectivity index (χ3n) is 2.39. The van der Waals surface area contributed by atoms with Crippen LogP contribution in [0.15, 0.2) is 29.3 Å². The summed E-state index contributed by atoms with van der Waals surface area (Å²) in [6.07, 6.45) is 2.97. The monoisotopic (exact) mass is 363 g/mol. The lowest BCUT2D eigenvalue weighted by atomic mass is 10.1. The molecule has 0 radical (unpaired) electrons. The van der Waals surface area contributed by atoms with Crippen molar-refractivity contribution in [1.82, 2.24) is 5.32 Å². The Kier molecular flexibility index (Phi) is 9.45. The van der Waals surface area contributed by atoms with Gasteiger partial charge in [-0.1, -0.05) is 19.1 Å². The van der Waals surface area contributed by atoms with E-state index in [4.69, 9.17) is 10.8 Å². The Balaban J connectivity index is 0.00000289. The SMILES string of the molecule is CCCN=C(N)NCCCc1ccc(O)cc1.I. The van der Waals surface area contributed by atoms with Crippen molar-refractivity contribution >= 4 is 29.9 Å². The van der Waals surface area contributed by atoms with Crippen LogP contribution >= 0.6 is 24.0 Å². The molecule has 0 aliphatic carbocycles. The summed E-state index contributed by atoms with van der Waals surface area (Å²) in [6.45, 7) is 3.66. The second kappa shape index (κ2) is 9.99. The molecule has 4 nitrogen and oxygen atoms in total. The van der Waals surface area contributed by atoms with E-state index in [0.29, 0.717) is 11.7 Å². The molecule has 1 rings (SSSR count). The van der Waals surface area contributed by atoms with Gasteiger partial charge in [0.25, 0.3) is 0 Å². The third kappa shape index (κ3) is 7.37. The Labute approximate surface area is 126 Å². The highest BCUT2D eigenvalue weighted by Gasteiger charge is 1.95. The molecule has 0 atom stereocenters. The fourth-order valence-electron chi connectivity index (χ4n) is 1.46. The lowest BCUT2D eigenvalue weighted by Crippen LogP contribution is -2.32. The van der Waals surface area contributed by atoms with Crippen molar-refractivity contribution < 1.29 is 5.11 Å². The van der Waals surface area contributed by atoms with Crippen molar-refractivity contribution in [2.45, 2.75) is 26.2 Å². The summed E-state index contributed by atoms with van der Waals surface area (Å²) in [5.41, 5.74) is 6.88. The maximum atomic E-state index is 9.14. The van der Waals surface area contributed by atoms with E-state index in [9.17, 15) is 0 Å². The van der Waals surface area contributed by atoms with E-state index in [1.807, 2.05) is 12.1 Å². The number of phenolic OH excluding ortho intramolecular Hbond substituents is 1. The molecule has 0 aromatic heterocycles. The molecule has 4 N–H and O–H groups in total. The van der Waals surface area contributed by atoms with Gasteiger partial charge in [-0.3, -0.25) is 4.99 Å². The minimum absolute atomic E-state index is 0. The number of aryl methyl sites for hydroxylation is 1. The average Bonchev–Trinajstić information content (AvgIpc) is 2.34. The number of hydrogen-bond acceptors (Lipinski definition) is 2. The Hall–Kier alpha value is -0.980. The van der Waals surface area contributed by atoms with Gasteiger partial charge in [-0.05, 0) is 37.0 Å². The number of nitrogens with two attached hydrogens (primary N) is 1. The maximum absolute atomic E-state index is 9.14. The number of halogens is 1. The molecule has 0 saturated heterocycles. The second-order valence-electron chi connectivity index (χ2n) is 3.96. The van der Waals surface area contributed by atoms with Gasteiger partial charge in [-0.25, -0.2) is 0 Å². The number of guanidine groups is 1. The van der Waals surface area contributed by atoms with Crippen LogP contribution in [0.2, 0.25) is 0 Å². The van der Waals surface area contributed by atoms with E-state index in [1.54, 1.807) is 12.1 Å². The van der Waals surface area contributed by atoms with Crippen LogP contribution in [0.1, 0.15) is 25.3 Å². The Morgan fingerprint density at radius 2 is 2.00 bits per heavy atom. The molecule has 0 amide bonds. The van der Waals surface area contributed by atoms with Gasteiger partial charge in [0.05, 0.1) is 0 Å². The van der Waals surface area contributed by atoms with Crippen LogP contribution in [-0.4, -0.2) is 24.2 Å². The summed E-state index contributed by atoms with van der Waals surface area (Å²) < 4.78 is 0. The average molecular weight is 363 g/mol. The van der Waals surface area contributed by atoms with Crippen molar-refractivity contribution in [3.8, 4) is 5.75 Å². The first-order valence-corrected chi connectivity index (χ1v) is 6.04. The molecule has 102 valence electrons. The molecule has 1 aromatic carbocycles. The normalized spacial score (nSPS) is 10.8. The first-order chi connectivity index (χ1) is 8.22. The predicted octanol–water partition coefficient (Wildman–Crippen LogP) is 2.26. The second-order valence-corrected chi connectivity index (χ2v) is 3.96. The summed E-state index contributed by atoms with van der Waals surface area (Å²) in [6, 6.07) is 7.29. The van der Waals surface area contributed by atoms with Gasteiger partial charge < -0.3 is 16.2 Å². The molecule has 0 aliphatic heterocycles. The Bertz CT molecular complexity index is 352. The Morgan fingerprint density at radius 1 is 1.33 bits per heavy atom. The molecule has 0 aliphatic rings. The van der Waals surface area contributed by atoms with E-state index in [0.717, 1.165) is 32.4 Å². The minimum Gasteiger partial charge on any atom is -0.508 e. The van der Waals surface area contributed by atoms with Gasteiger partial charge in [-0.15, -0.1) is 24.0 Å². The topological polar surface area (TPSA) is 70.6 Å². The number of aromatic hydroxyl groups is 1. The molecule has 0 fully saturated rings. The number of aliphatic imine (C=N–C) groups is 1. The van der Waals surface area contributed by atoms with Gasteiger partial charge in [0.15, 0.2) is 5.96 Å². The standard InChI is InChI=1S/C13H21N3O.HI/c1-2-9-15-13(14)16-10-3-4-11-5-7-12(17)8-6-11;/h5-8,17H,2-4,9-10H2,1H3,(H3,14,15,16);1H. The van der Waals surface area contributed by atoms with Gasteiger partial charge in [0, 0.05) is 13.1 Å². The molecule has 5 heteroatoms. The fraction of sp³-hybridized carbons (Fsp3) is 0.462. The van der Waals surface area contributed by atoms with Gasteiger partial charge in [0.1, 0.15) is 5.75 Å². The van der Waals surface area contributed by atoms with Crippen LogP contribution in [0, 0.1) is 0 Å². The number of nitrogens with one attached hydrogen (secondary N) is 1. The first kappa shape index (κ1) is 17.0. The summed E-state index contributed by atoms with van der Waals surface area (Å²) in [5.74, 6) is 0.834. The highest BCUT2D eigenvalue weighted by Crippen LogP contribution is 2.10. The van der Waals surface area contributed by atoms with Crippen molar-refractivity contribution in [3.63, 3.8) is 0 Å². The van der Waals surface area contributed by atoms with Gasteiger partial charge >= 0.3 is 0 Å². The van der Waals surface area contributed by atoms with Crippen LogP contribution < -0.4 is 11.1 Å². The summed E-state index contributed by atoms with van der Waals surface area (Å²) in [7, 11) is 0. The number of rotatable bonds is 6. The van der Waals surface area contributed by atoms with Gasteiger partial charge in [0.2, 0.25) is 0 Å². The zero-order valence-electron chi connectivity index (χ0n) is 10.7. The number of hydrogen-bond donors (Lipinski definition) is 3. The molecule has 0 unspecified atom stereocenters. The maximum Gasteiger partial charge on any atom is 0.188 e. The lowest BCUT2D eigenvalue weighted by molar-refractivity contribution is 0.475. The molecule has 0 bridgehead atoms. The Morgan fingerprint density at radius 3 is 2.61 bits per heavy atom. The largest absolute Gasteiger partial charge is 0.508 e. The zero-order chi connectivity index (χ0) is 12.5. The summed E-state index contributed by atoms with van der Waals surface area (Å²) in [4.78, 5) is 4.15. The molecular formula is C13H22IN3O. The zero-order valence-corrected chi connectivity index (χ0v) is 13.1. The van der Waals surface area contributed by atoms with Gasteiger partial charge in [-0.2, -0.15) is 0 Å². The van der Waals surface area contributed by atoms with E-state index in [-0.39, 0.29) is 24.0 Å². The first-order valence-electron chi connectivity index (χ1n) is 6.04. The molecule has 0 spiro atoms. The van der Waals surface area contributed by atoms with E-state index in [2.05, 4.69) is 17.2 Å². The predicted molar refractivity (Wildman–Crippen MR) is 86.6 cm³/mol. The quantitative estimate of drug-likeness (QED) is 0.314. The van der Waals surface area contributed by atoms with Crippen molar-refractivity contribution in [3.05, 3.63) is 29.8 Å². The van der Waals surface area contributed by atoms with E-state index < -0.39 is 0 Å². The summed E-state index contributed by atoms with van der Waals surface area (Å²) in [5, 5.41) is 12.2. The molecule has 0 saturated carbocycles. The minimum atomic E-state index is 0. The number of benzene rings is 1. The third-order valence-corrected chi connectivity index (χ3v) is 2.39. The van der Waals surface area contributed by atoms with Crippen molar-refractivity contribution in [2.75, 3.05) is 13.1 Å². The highest BCUT2D eigenvalue weighted by atomic mass is 127. The lowest BCUT2D eigenvalue weighted by Gasteiger charge is -2.05.